The number of thioether (sulfide) groups is 1. The van der Waals surface area contributed by atoms with E-state index in [1.807, 2.05) is 0 Å². The van der Waals surface area contributed by atoms with Crippen LogP contribution in [0.25, 0.3) is 0 Å². The van der Waals surface area contributed by atoms with Crippen molar-refractivity contribution in [3.8, 4) is 0 Å². The molecule has 3 rings (SSSR count). The smallest absolute Gasteiger partial charge is 0.243 e. The molecule has 27 heavy (non-hydrogen) atoms. The number of nitrogens with zero attached hydrogens (tertiary/aromatic N) is 3. The molecule has 1 saturated heterocycles. The SMILES string of the molecule is O=C(NCCSc1ncn[nH]1)C1CCCN(S(=O)(=O)c2ccc(Br)cc2)C1. The Balaban J connectivity index is 1.53. The predicted molar refractivity (Wildman–Crippen MR) is 106 cm³/mol. The number of aromatic amines is 1. The van der Waals surface area contributed by atoms with Gasteiger partial charge < -0.3 is 5.32 Å². The minimum absolute atomic E-state index is 0.108. The molecule has 11 heteroatoms. The van der Waals surface area contributed by atoms with Crippen molar-refractivity contribution in [3.63, 3.8) is 0 Å². The van der Waals surface area contributed by atoms with Gasteiger partial charge >= 0.3 is 0 Å². The van der Waals surface area contributed by atoms with Gasteiger partial charge in [0.1, 0.15) is 6.33 Å². The highest BCUT2D eigenvalue weighted by molar-refractivity contribution is 9.10. The van der Waals surface area contributed by atoms with E-state index in [-0.39, 0.29) is 23.3 Å². The number of benzene rings is 1. The van der Waals surface area contributed by atoms with Gasteiger partial charge in [-0.1, -0.05) is 27.7 Å². The van der Waals surface area contributed by atoms with Gasteiger partial charge in [0.15, 0.2) is 5.16 Å². The summed E-state index contributed by atoms with van der Waals surface area (Å²) in [5.74, 6) is 0.220. The van der Waals surface area contributed by atoms with Crippen molar-refractivity contribution < 1.29 is 13.2 Å². The Labute approximate surface area is 170 Å². The van der Waals surface area contributed by atoms with E-state index in [0.29, 0.717) is 36.8 Å². The van der Waals surface area contributed by atoms with E-state index in [4.69, 9.17) is 0 Å². The molecular weight excluding hydrogens is 454 g/mol. The maximum atomic E-state index is 12.8. The summed E-state index contributed by atoms with van der Waals surface area (Å²) in [5, 5.41) is 10.1. The minimum atomic E-state index is -3.59. The molecule has 1 aliphatic heterocycles. The zero-order chi connectivity index (χ0) is 19.3. The summed E-state index contributed by atoms with van der Waals surface area (Å²) in [5.41, 5.74) is 0. The zero-order valence-corrected chi connectivity index (χ0v) is 17.7. The van der Waals surface area contributed by atoms with Gasteiger partial charge in [0.25, 0.3) is 0 Å². The topological polar surface area (TPSA) is 108 Å². The second-order valence-corrected chi connectivity index (χ2v) is 10.0. The highest BCUT2D eigenvalue weighted by Gasteiger charge is 2.33. The fraction of sp³-hybridized carbons (Fsp3) is 0.438. The Morgan fingerprint density at radius 2 is 2.15 bits per heavy atom. The number of halogens is 1. The van der Waals surface area contributed by atoms with E-state index >= 15 is 0 Å². The first kappa shape index (κ1) is 20.3. The van der Waals surface area contributed by atoms with Crippen molar-refractivity contribution in [2.45, 2.75) is 22.9 Å². The van der Waals surface area contributed by atoms with Crippen LogP contribution in [0.4, 0.5) is 0 Å². The molecule has 0 aliphatic carbocycles. The zero-order valence-electron chi connectivity index (χ0n) is 14.5. The maximum Gasteiger partial charge on any atom is 0.243 e. The van der Waals surface area contributed by atoms with Gasteiger partial charge in [0, 0.05) is 29.9 Å². The first-order valence-corrected chi connectivity index (χ1v) is 11.7. The average Bonchev–Trinajstić information content (AvgIpc) is 3.19. The number of aromatic nitrogens is 3. The lowest BCUT2D eigenvalue weighted by atomic mass is 9.99. The number of hydrogen-bond donors (Lipinski definition) is 2. The van der Waals surface area contributed by atoms with Crippen molar-refractivity contribution in [2.24, 2.45) is 5.92 Å². The molecule has 1 atom stereocenters. The number of sulfonamides is 1. The summed E-state index contributed by atoms with van der Waals surface area (Å²) in [6.45, 7) is 1.13. The van der Waals surface area contributed by atoms with Crippen molar-refractivity contribution in [2.75, 3.05) is 25.4 Å². The van der Waals surface area contributed by atoms with Crippen LogP contribution in [0.5, 0.6) is 0 Å². The van der Waals surface area contributed by atoms with E-state index in [2.05, 4.69) is 36.4 Å². The maximum absolute atomic E-state index is 12.8. The third kappa shape index (κ3) is 5.31. The van der Waals surface area contributed by atoms with Crippen LogP contribution in [0.15, 0.2) is 45.1 Å². The molecule has 1 aliphatic rings. The highest BCUT2D eigenvalue weighted by atomic mass is 79.9. The van der Waals surface area contributed by atoms with E-state index in [0.717, 1.165) is 4.47 Å². The van der Waals surface area contributed by atoms with Crippen LogP contribution in [0.3, 0.4) is 0 Å². The average molecular weight is 474 g/mol. The second-order valence-electron chi connectivity index (χ2n) is 6.09. The molecule has 1 aromatic carbocycles. The standard InChI is InChI=1S/C16H20BrN5O3S2/c17-13-3-5-14(6-4-13)27(24,25)22-8-1-2-12(10-22)15(23)18-7-9-26-16-19-11-20-21-16/h3-6,11-12H,1-2,7-10H2,(H,18,23)(H,19,20,21). The van der Waals surface area contributed by atoms with Crippen LogP contribution in [0.2, 0.25) is 0 Å². The van der Waals surface area contributed by atoms with E-state index in [9.17, 15) is 13.2 Å². The van der Waals surface area contributed by atoms with E-state index < -0.39 is 10.0 Å². The number of hydrogen-bond acceptors (Lipinski definition) is 6. The van der Waals surface area contributed by atoms with Crippen LogP contribution in [-0.4, -0.2) is 59.2 Å². The lowest BCUT2D eigenvalue weighted by Crippen LogP contribution is -2.45. The Kier molecular flexibility index (Phi) is 6.90. The number of piperidine rings is 1. The Morgan fingerprint density at radius 1 is 1.37 bits per heavy atom. The molecule has 146 valence electrons. The van der Waals surface area contributed by atoms with E-state index in [1.165, 1.54) is 22.4 Å². The van der Waals surface area contributed by atoms with Gasteiger partial charge in [-0.3, -0.25) is 9.89 Å². The number of H-pyrrole nitrogens is 1. The van der Waals surface area contributed by atoms with Crippen molar-refractivity contribution >= 4 is 43.6 Å². The lowest BCUT2D eigenvalue weighted by Gasteiger charge is -2.31. The monoisotopic (exact) mass is 473 g/mol. The second kappa shape index (κ2) is 9.18. The van der Waals surface area contributed by atoms with Gasteiger partial charge in [-0.05, 0) is 37.1 Å². The largest absolute Gasteiger partial charge is 0.355 e. The lowest BCUT2D eigenvalue weighted by molar-refractivity contribution is -0.125. The molecule has 1 amide bonds. The molecule has 1 fully saturated rings. The van der Waals surface area contributed by atoms with Crippen molar-refractivity contribution in [1.29, 1.82) is 0 Å². The van der Waals surface area contributed by atoms with Crippen LogP contribution in [0.1, 0.15) is 12.8 Å². The van der Waals surface area contributed by atoms with Gasteiger partial charge in [-0.15, -0.1) is 0 Å². The fourth-order valence-electron chi connectivity index (χ4n) is 2.86. The summed E-state index contributed by atoms with van der Waals surface area (Å²) >= 11 is 4.77. The van der Waals surface area contributed by atoms with Gasteiger partial charge in [-0.2, -0.15) is 9.40 Å². The molecule has 0 bridgehead atoms. The quantitative estimate of drug-likeness (QED) is 0.469. The summed E-state index contributed by atoms with van der Waals surface area (Å²) < 4.78 is 27.9. The van der Waals surface area contributed by atoms with Gasteiger partial charge in [0.2, 0.25) is 15.9 Å². The highest BCUT2D eigenvalue weighted by Crippen LogP contribution is 2.25. The van der Waals surface area contributed by atoms with Crippen LogP contribution in [0, 0.1) is 5.92 Å². The first-order valence-electron chi connectivity index (χ1n) is 8.48. The number of carbonyl (C=O) groups is 1. The minimum Gasteiger partial charge on any atom is -0.355 e. The molecular formula is C16H20BrN5O3S2. The molecule has 8 nitrogen and oxygen atoms in total. The first-order chi connectivity index (χ1) is 13.0. The number of nitrogens with one attached hydrogen (secondary N) is 2. The molecule has 0 radical (unpaired) electrons. The molecule has 2 aromatic rings. The summed E-state index contributed by atoms with van der Waals surface area (Å²) in [6.07, 6.45) is 2.79. The molecule has 1 unspecified atom stereocenters. The number of rotatable bonds is 7. The molecule has 1 aromatic heterocycles. The van der Waals surface area contributed by atoms with Gasteiger partial charge in [-0.25, -0.2) is 13.4 Å². The summed E-state index contributed by atoms with van der Waals surface area (Å²) in [4.78, 5) is 16.7. The Bertz CT molecular complexity index is 859. The van der Waals surface area contributed by atoms with Crippen LogP contribution in [-0.2, 0) is 14.8 Å². The third-order valence-corrected chi connectivity index (χ3v) is 7.53. The van der Waals surface area contributed by atoms with Gasteiger partial charge in [0.05, 0.1) is 10.8 Å². The van der Waals surface area contributed by atoms with Crippen molar-refractivity contribution in [3.05, 3.63) is 35.1 Å². The predicted octanol–water partition coefficient (Wildman–Crippen LogP) is 1.88. The number of amides is 1. The summed E-state index contributed by atoms with van der Waals surface area (Å²) in [6, 6.07) is 6.55. The Hall–Kier alpha value is -1.43. The molecule has 0 spiro atoms. The fourth-order valence-corrected chi connectivity index (χ4v) is 5.29. The van der Waals surface area contributed by atoms with Crippen molar-refractivity contribution in [1.82, 2.24) is 24.8 Å². The third-order valence-electron chi connectivity index (χ3n) is 4.24. The molecule has 0 saturated carbocycles. The molecule has 2 N–H and O–H groups in total. The van der Waals surface area contributed by atoms with E-state index in [1.54, 1.807) is 24.3 Å². The van der Waals surface area contributed by atoms with Crippen LogP contribution >= 0.6 is 27.7 Å². The summed E-state index contributed by atoms with van der Waals surface area (Å²) in [7, 11) is -3.59. The number of carbonyl (C=O) groups excluding carboxylic acids is 1. The molecule has 2 heterocycles. The normalized spacial score (nSPS) is 18.3. The van der Waals surface area contributed by atoms with Crippen LogP contribution < -0.4 is 5.32 Å². The Morgan fingerprint density at radius 3 is 2.85 bits per heavy atom.